The fourth-order valence-corrected chi connectivity index (χ4v) is 2.77. The van der Waals surface area contributed by atoms with E-state index in [1.807, 2.05) is 18.5 Å². The summed E-state index contributed by atoms with van der Waals surface area (Å²) in [6, 6.07) is 15.3. The fraction of sp³-hybridized carbons (Fsp3) is 0.278. The molecule has 1 atom stereocenters. The molecule has 3 aromatic rings. The minimum absolute atomic E-state index is 0.236. The average molecular weight is 332 g/mol. The number of aliphatic hydroxyl groups excluding tert-OH is 1. The second kappa shape index (κ2) is 7.02. The SMILES string of the molecule is CCn1c[n+](C[C@H](O)COc2ccc(Cl)cc2)c2ccccc21. The predicted octanol–water partition coefficient (Wildman–Crippen LogP) is 3.04. The van der Waals surface area contributed by atoms with Crippen molar-refractivity contribution >= 4 is 22.6 Å². The van der Waals surface area contributed by atoms with E-state index in [1.165, 1.54) is 5.52 Å². The van der Waals surface area contributed by atoms with Crippen molar-refractivity contribution in [2.75, 3.05) is 6.61 Å². The third-order valence-corrected chi connectivity index (χ3v) is 4.04. The van der Waals surface area contributed by atoms with Gasteiger partial charge < -0.3 is 9.84 Å². The molecule has 0 saturated carbocycles. The first-order chi connectivity index (χ1) is 11.2. The summed E-state index contributed by atoms with van der Waals surface area (Å²) < 4.78 is 9.84. The number of rotatable bonds is 6. The van der Waals surface area contributed by atoms with E-state index >= 15 is 0 Å². The van der Waals surface area contributed by atoms with Gasteiger partial charge in [-0.1, -0.05) is 23.7 Å². The number of halogens is 1. The van der Waals surface area contributed by atoms with Gasteiger partial charge in [-0.15, -0.1) is 0 Å². The lowest BCUT2D eigenvalue weighted by Gasteiger charge is -2.11. The van der Waals surface area contributed by atoms with Crippen LogP contribution in [0, 0.1) is 0 Å². The third kappa shape index (κ3) is 3.66. The highest BCUT2D eigenvalue weighted by Gasteiger charge is 2.17. The van der Waals surface area contributed by atoms with Crippen LogP contribution in [-0.4, -0.2) is 22.4 Å². The molecule has 3 rings (SSSR count). The van der Waals surface area contributed by atoms with Gasteiger partial charge >= 0.3 is 0 Å². The number of fused-ring (bicyclic) bond motifs is 1. The molecule has 0 radical (unpaired) electrons. The van der Waals surface area contributed by atoms with Crippen LogP contribution in [0.4, 0.5) is 0 Å². The summed E-state index contributed by atoms with van der Waals surface area (Å²) >= 11 is 5.84. The van der Waals surface area contributed by atoms with Crippen LogP contribution in [0.5, 0.6) is 5.75 Å². The summed E-state index contributed by atoms with van der Waals surface area (Å²) in [5, 5.41) is 10.9. The zero-order valence-electron chi connectivity index (χ0n) is 13.0. The van der Waals surface area contributed by atoms with Gasteiger partial charge in [-0.05, 0) is 43.3 Å². The third-order valence-electron chi connectivity index (χ3n) is 3.78. The Labute approximate surface area is 140 Å². The Hall–Kier alpha value is -2.04. The maximum atomic E-state index is 10.3. The molecule has 0 amide bonds. The Kier molecular flexibility index (Phi) is 4.84. The largest absolute Gasteiger partial charge is 0.491 e. The number of benzene rings is 2. The van der Waals surface area contributed by atoms with E-state index in [1.54, 1.807) is 24.3 Å². The number of nitrogens with zero attached hydrogens (tertiary/aromatic N) is 2. The van der Waals surface area contributed by atoms with Gasteiger partial charge in [0.1, 0.15) is 25.0 Å². The second-order valence-corrected chi connectivity index (χ2v) is 5.90. The molecule has 0 aliphatic carbocycles. The number of hydrogen-bond donors (Lipinski definition) is 1. The first kappa shape index (κ1) is 15.8. The van der Waals surface area contributed by atoms with Crippen LogP contribution in [0.3, 0.4) is 0 Å². The van der Waals surface area contributed by atoms with Crippen LogP contribution in [0.2, 0.25) is 5.02 Å². The van der Waals surface area contributed by atoms with Crippen LogP contribution in [0.15, 0.2) is 54.9 Å². The molecular formula is C18H20ClN2O2+. The summed E-state index contributed by atoms with van der Waals surface area (Å²) in [7, 11) is 0. The number of ether oxygens (including phenoxy) is 1. The molecule has 0 spiro atoms. The number of aryl methyl sites for hydroxylation is 1. The molecule has 2 aromatic carbocycles. The van der Waals surface area contributed by atoms with E-state index in [2.05, 4.69) is 28.2 Å². The van der Waals surface area contributed by atoms with Gasteiger partial charge in [-0.25, -0.2) is 9.13 Å². The molecule has 1 heterocycles. The Morgan fingerprint density at radius 3 is 2.65 bits per heavy atom. The van der Waals surface area contributed by atoms with Crippen LogP contribution < -0.4 is 9.30 Å². The molecule has 0 unspecified atom stereocenters. The highest BCUT2D eigenvalue weighted by Crippen LogP contribution is 2.16. The summed E-state index contributed by atoms with van der Waals surface area (Å²) in [6.07, 6.45) is 1.45. The molecule has 5 heteroatoms. The Balaban J connectivity index is 1.68. The van der Waals surface area contributed by atoms with Crippen molar-refractivity contribution in [2.24, 2.45) is 0 Å². The molecule has 23 heavy (non-hydrogen) atoms. The smallest absolute Gasteiger partial charge is 0.244 e. The Morgan fingerprint density at radius 2 is 1.91 bits per heavy atom. The molecular weight excluding hydrogens is 312 g/mol. The zero-order valence-corrected chi connectivity index (χ0v) is 13.8. The van der Waals surface area contributed by atoms with Gasteiger partial charge in [0.05, 0.1) is 6.54 Å². The minimum Gasteiger partial charge on any atom is -0.491 e. The number of para-hydroxylation sites is 2. The minimum atomic E-state index is -0.591. The molecule has 1 aromatic heterocycles. The first-order valence-corrected chi connectivity index (χ1v) is 8.09. The van der Waals surface area contributed by atoms with E-state index < -0.39 is 6.10 Å². The summed E-state index contributed by atoms with van der Waals surface area (Å²) in [5.74, 6) is 0.703. The van der Waals surface area contributed by atoms with E-state index in [0.29, 0.717) is 17.3 Å². The normalized spacial score (nSPS) is 12.5. The van der Waals surface area contributed by atoms with Crippen molar-refractivity contribution in [1.82, 2.24) is 4.57 Å². The molecule has 0 fully saturated rings. The van der Waals surface area contributed by atoms with Crippen LogP contribution in [0.25, 0.3) is 11.0 Å². The molecule has 0 aliphatic rings. The van der Waals surface area contributed by atoms with Gasteiger partial charge in [0.2, 0.25) is 6.33 Å². The van der Waals surface area contributed by atoms with Crippen molar-refractivity contribution in [3.8, 4) is 5.75 Å². The Morgan fingerprint density at radius 1 is 1.17 bits per heavy atom. The monoisotopic (exact) mass is 331 g/mol. The summed E-state index contributed by atoms with van der Waals surface area (Å²) in [4.78, 5) is 0. The number of aromatic nitrogens is 2. The quantitative estimate of drug-likeness (QED) is 0.705. The van der Waals surface area contributed by atoms with Gasteiger partial charge in [0.15, 0.2) is 11.0 Å². The fourth-order valence-electron chi connectivity index (χ4n) is 2.64. The van der Waals surface area contributed by atoms with Crippen molar-refractivity contribution in [1.29, 1.82) is 0 Å². The molecule has 120 valence electrons. The van der Waals surface area contributed by atoms with Crippen LogP contribution in [0.1, 0.15) is 6.92 Å². The second-order valence-electron chi connectivity index (χ2n) is 5.46. The molecule has 1 N–H and O–H groups in total. The van der Waals surface area contributed by atoms with Gasteiger partial charge in [-0.2, -0.15) is 0 Å². The lowest BCUT2D eigenvalue weighted by Crippen LogP contribution is -2.41. The molecule has 0 saturated heterocycles. The maximum Gasteiger partial charge on any atom is 0.244 e. The number of aliphatic hydroxyl groups is 1. The van der Waals surface area contributed by atoms with E-state index in [0.717, 1.165) is 12.1 Å². The maximum absolute atomic E-state index is 10.3. The van der Waals surface area contributed by atoms with Crippen molar-refractivity contribution in [2.45, 2.75) is 26.1 Å². The molecule has 0 aliphatic heterocycles. The lowest BCUT2D eigenvalue weighted by atomic mass is 10.3. The standard InChI is InChI=1S/C18H20ClN2O2/c1-2-20-13-21(18-6-4-3-5-17(18)20)11-15(22)12-23-16-9-7-14(19)8-10-16/h3-10,13,15,22H,2,11-12H2,1H3/q+1/t15-/m0/s1. The van der Waals surface area contributed by atoms with Gasteiger partial charge in [-0.3, -0.25) is 0 Å². The van der Waals surface area contributed by atoms with Crippen LogP contribution >= 0.6 is 11.6 Å². The highest BCUT2D eigenvalue weighted by molar-refractivity contribution is 6.30. The van der Waals surface area contributed by atoms with Gasteiger partial charge in [0, 0.05) is 5.02 Å². The van der Waals surface area contributed by atoms with Crippen LogP contribution in [-0.2, 0) is 13.1 Å². The molecule has 4 nitrogen and oxygen atoms in total. The van der Waals surface area contributed by atoms with E-state index in [4.69, 9.17) is 16.3 Å². The van der Waals surface area contributed by atoms with Crippen molar-refractivity contribution in [3.63, 3.8) is 0 Å². The number of hydrogen-bond acceptors (Lipinski definition) is 2. The summed E-state index contributed by atoms with van der Waals surface area (Å²) in [6.45, 7) is 3.73. The van der Waals surface area contributed by atoms with Crippen molar-refractivity contribution < 1.29 is 14.4 Å². The first-order valence-electron chi connectivity index (χ1n) is 7.71. The molecule has 0 bridgehead atoms. The van der Waals surface area contributed by atoms with Gasteiger partial charge in [0.25, 0.3) is 0 Å². The predicted molar refractivity (Wildman–Crippen MR) is 90.8 cm³/mol. The van der Waals surface area contributed by atoms with E-state index in [-0.39, 0.29) is 6.61 Å². The number of imidazole rings is 1. The lowest BCUT2D eigenvalue weighted by molar-refractivity contribution is -0.679. The van der Waals surface area contributed by atoms with Crippen molar-refractivity contribution in [3.05, 3.63) is 59.9 Å². The summed E-state index contributed by atoms with van der Waals surface area (Å²) in [5.41, 5.74) is 2.28. The van der Waals surface area contributed by atoms with E-state index in [9.17, 15) is 5.11 Å². The topological polar surface area (TPSA) is 38.3 Å². The average Bonchev–Trinajstić information content (AvgIpc) is 2.92. The highest BCUT2D eigenvalue weighted by atomic mass is 35.5. The Bertz CT molecular complexity index is 783. The zero-order chi connectivity index (χ0) is 16.2.